The van der Waals surface area contributed by atoms with Crippen molar-refractivity contribution in [3.05, 3.63) is 54.6 Å². The number of carbonyl (C=O) groups excluding carboxylic acids is 1. The fourth-order valence-corrected chi connectivity index (χ4v) is 0.884. The first-order valence-corrected chi connectivity index (χ1v) is 4.39. The standard InChI is InChI=1S/C12H12O2.K.H/c1-2-3-5-10-12(13)14-11-8-6-4-7-9-11;;/h2-10H,1H3;;/q;+1;-1/b3-2+,10-5+;;. The molecule has 0 bridgehead atoms. The smallest absolute Gasteiger partial charge is 1.00 e. The molecule has 1 rings (SSSR count). The van der Waals surface area contributed by atoms with Gasteiger partial charge in [0.05, 0.1) is 0 Å². The van der Waals surface area contributed by atoms with Crippen molar-refractivity contribution in [1.82, 2.24) is 0 Å². The summed E-state index contributed by atoms with van der Waals surface area (Å²) in [6, 6.07) is 8.98. The van der Waals surface area contributed by atoms with Crippen LogP contribution in [0.3, 0.4) is 0 Å². The number of para-hydroxylation sites is 1. The van der Waals surface area contributed by atoms with E-state index >= 15 is 0 Å². The molecule has 0 fully saturated rings. The second-order valence-electron chi connectivity index (χ2n) is 2.62. The molecule has 15 heavy (non-hydrogen) atoms. The number of carbonyl (C=O) groups is 1. The average molecular weight is 228 g/mol. The topological polar surface area (TPSA) is 26.3 Å². The Hall–Kier alpha value is -0.194. The van der Waals surface area contributed by atoms with Crippen LogP contribution >= 0.6 is 0 Å². The quantitative estimate of drug-likeness (QED) is 0.236. The molecule has 0 unspecified atom stereocenters. The maximum atomic E-state index is 11.1. The Kier molecular flexibility index (Phi) is 8.95. The van der Waals surface area contributed by atoms with Gasteiger partial charge in [0.2, 0.25) is 0 Å². The summed E-state index contributed by atoms with van der Waals surface area (Å²) in [5, 5.41) is 0. The number of allylic oxidation sites excluding steroid dienone is 3. The fraction of sp³-hybridized carbons (Fsp3) is 0.0833. The van der Waals surface area contributed by atoms with Gasteiger partial charge in [-0.15, -0.1) is 0 Å². The average Bonchev–Trinajstić information content (AvgIpc) is 2.20. The summed E-state index contributed by atoms with van der Waals surface area (Å²) in [5.41, 5.74) is 0. The molecule has 0 aliphatic heterocycles. The number of esters is 1. The molecule has 0 heterocycles. The number of hydrogen-bond donors (Lipinski definition) is 0. The summed E-state index contributed by atoms with van der Waals surface area (Å²) in [5.74, 6) is 0.192. The molecule has 0 aromatic heterocycles. The summed E-state index contributed by atoms with van der Waals surface area (Å²) in [7, 11) is 0. The van der Waals surface area contributed by atoms with Crippen molar-refractivity contribution in [2.75, 3.05) is 0 Å². The van der Waals surface area contributed by atoms with Crippen LogP contribution in [0, 0.1) is 0 Å². The SMILES string of the molecule is C/C=C/C=C/C(=O)Oc1ccccc1.[H-].[K+]. The summed E-state index contributed by atoms with van der Waals surface area (Å²) >= 11 is 0. The molecule has 0 atom stereocenters. The molecule has 0 saturated heterocycles. The number of rotatable bonds is 3. The second kappa shape index (κ2) is 9.06. The molecule has 1 aromatic carbocycles. The first kappa shape index (κ1) is 14.8. The van der Waals surface area contributed by atoms with Crippen molar-refractivity contribution in [3.8, 4) is 5.75 Å². The maximum absolute atomic E-state index is 11.1. The van der Waals surface area contributed by atoms with E-state index in [1.807, 2.05) is 31.2 Å². The largest absolute Gasteiger partial charge is 1.00 e. The molecule has 0 amide bonds. The predicted molar refractivity (Wildman–Crippen MR) is 57.1 cm³/mol. The van der Waals surface area contributed by atoms with E-state index < -0.39 is 0 Å². The molecule has 74 valence electrons. The van der Waals surface area contributed by atoms with Crippen LogP contribution in [0.4, 0.5) is 0 Å². The van der Waals surface area contributed by atoms with Gasteiger partial charge >= 0.3 is 57.4 Å². The van der Waals surface area contributed by atoms with E-state index in [1.54, 1.807) is 24.3 Å². The summed E-state index contributed by atoms with van der Waals surface area (Å²) < 4.78 is 5.00. The van der Waals surface area contributed by atoms with Crippen LogP contribution in [0.15, 0.2) is 54.6 Å². The number of benzene rings is 1. The molecule has 0 spiro atoms. The van der Waals surface area contributed by atoms with Crippen molar-refractivity contribution in [1.29, 1.82) is 0 Å². The zero-order valence-electron chi connectivity index (χ0n) is 10.0. The van der Waals surface area contributed by atoms with Gasteiger partial charge in [0.1, 0.15) is 5.75 Å². The molecule has 0 aliphatic carbocycles. The van der Waals surface area contributed by atoms with Crippen LogP contribution in [0.2, 0.25) is 0 Å². The van der Waals surface area contributed by atoms with E-state index in [4.69, 9.17) is 4.74 Å². The molecule has 2 nitrogen and oxygen atoms in total. The van der Waals surface area contributed by atoms with E-state index in [1.165, 1.54) is 6.08 Å². The van der Waals surface area contributed by atoms with Crippen LogP contribution in [-0.4, -0.2) is 5.97 Å². The van der Waals surface area contributed by atoms with Gasteiger partial charge in [-0.2, -0.15) is 0 Å². The van der Waals surface area contributed by atoms with E-state index in [-0.39, 0.29) is 58.8 Å². The van der Waals surface area contributed by atoms with Crippen molar-refractivity contribution >= 4 is 5.97 Å². The van der Waals surface area contributed by atoms with Crippen LogP contribution < -0.4 is 56.1 Å². The Morgan fingerprint density at radius 1 is 1.27 bits per heavy atom. The van der Waals surface area contributed by atoms with E-state index in [0.717, 1.165) is 0 Å². The monoisotopic (exact) mass is 228 g/mol. The number of ether oxygens (including phenoxy) is 1. The third kappa shape index (κ3) is 6.81. The molecule has 0 saturated carbocycles. The third-order valence-corrected chi connectivity index (χ3v) is 1.50. The van der Waals surface area contributed by atoms with Gasteiger partial charge < -0.3 is 6.16 Å². The predicted octanol–water partition coefficient (Wildman–Crippen LogP) is -0.159. The molecular formula is C12H13KO2. The first-order valence-electron chi connectivity index (χ1n) is 4.39. The molecule has 0 aliphatic rings. The first-order chi connectivity index (χ1) is 6.83. The zero-order chi connectivity index (χ0) is 10.2. The molecule has 0 N–H and O–H groups in total. The van der Waals surface area contributed by atoms with Crippen molar-refractivity contribution < 1.29 is 62.3 Å². The van der Waals surface area contributed by atoms with Crippen LogP contribution in [-0.2, 0) is 4.79 Å². The van der Waals surface area contributed by atoms with Gasteiger partial charge in [-0.3, -0.25) is 0 Å². The Bertz CT molecular complexity index is 347. The van der Waals surface area contributed by atoms with Gasteiger partial charge in [0.15, 0.2) is 0 Å². The maximum Gasteiger partial charge on any atom is 1.00 e. The molecule has 0 radical (unpaired) electrons. The van der Waals surface area contributed by atoms with Gasteiger partial charge in [-0.1, -0.05) is 36.4 Å². The van der Waals surface area contributed by atoms with Gasteiger partial charge in [-0.05, 0) is 19.1 Å². The minimum Gasteiger partial charge on any atom is -1.00 e. The molecular weight excluding hydrogens is 215 g/mol. The number of hydrogen-bond acceptors (Lipinski definition) is 2. The fourth-order valence-electron chi connectivity index (χ4n) is 0.884. The van der Waals surface area contributed by atoms with Gasteiger partial charge in [-0.25, -0.2) is 4.79 Å². The Labute approximate surface area is 134 Å². The summed E-state index contributed by atoms with van der Waals surface area (Å²) in [4.78, 5) is 11.1. The van der Waals surface area contributed by atoms with Gasteiger partial charge in [0, 0.05) is 6.08 Å². The summed E-state index contributed by atoms with van der Waals surface area (Å²) in [6.07, 6.45) is 6.64. The van der Waals surface area contributed by atoms with Crippen LogP contribution in [0.5, 0.6) is 5.75 Å². The van der Waals surface area contributed by atoms with Gasteiger partial charge in [0.25, 0.3) is 0 Å². The van der Waals surface area contributed by atoms with E-state index in [2.05, 4.69) is 0 Å². The normalized spacial score (nSPS) is 10.2. The Morgan fingerprint density at radius 2 is 1.93 bits per heavy atom. The van der Waals surface area contributed by atoms with Crippen LogP contribution in [0.1, 0.15) is 8.35 Å². The Morgan fingerprint density at radius 3 is 2.53 bits per heavy atom. The van der Waals surface area contributed by atoms with E-state index in [0.29, 0.717) is 5.75 Å². The van der Waals surface area contributed by atoms with Crippen LogP contribution in [0.25, 0.3) is 0 Å². The Balaban J connectivity index is 0. The minimum atomic E-state index is -0.366. The van der Waals surface area contributed by atoms with Crippen molar-refractivity contribution in [2.45, 2.75) is 6.92 Å². The minimum absolute atomic E-state index is 0. The summed E-state index contributed by atoms with van der Waals surface area (Å²) in [6.45, 7) is 1.88. The van der Waals surface area contributed by atoms with Crippen molar-refractivity contribution in [2.24, 2.45) is 0 Å². The van der Waals surface area contributed by atoms with E-state index in [9.17, 15) is 4.79 Å². The molecule has 1 aromatic rings. The third-order valence-electron chi connectivity index (χ3n) is 1.50. The molecule has 3 heteroatoms. The second-order valence-corrected chi connectivity index (χ2v) is 2.62. The zero-order valence-corrected chi connectivity index (χ0v) is 12.1. The van der Waals surface area contributed by atoms with Crippen molar-refractivity contribution in [3.63, 3.8) is 0 Å².